The lowest BCUT2D eigenvalue weighted by molar-refractivity contribution is -0.383. The molecule has 0 aromatic heterocycles. The van der Waals surface area contributed by atoms with Crippen molar-refractivity contribution in [3.63, 3.8) is 0 Å². The van der Waals surface area contributed by atoms with Gasteiger partial charge in [-0.25, -0.2) is 4.79 Å². The van der Waals surface area contributed by atoms with Gasteiger partial charge in [-0.05, 0) is 37.1 Å². The van der Waals surface area contributed by atoms with E-state index in [4.69, 9.17) is 10.5 Å². The SMILES string of the molecule is Nc1ccc(C(=O)OCC(=O)N2c3ccccc3NC(=O)C23CCCC3)cc1[N+](=O)[O-]. The Morgan fingerprint density at radius 3 is 2.61 bits per heavy atom. The Hall–Kier alpha value is -3.95. The zero-order valence-electron chi connectivity index (χ0n) is 16.5. The quantitative estimate of drug-likeness (QED) is 0.332. The van der Waals surface area contributed by atoms with Crippen molar-refractivity contribution in [2.24, 2.45) is 0 Å². The molecular weight excluding hydrogens is 404 g/mol. The molecule has 1 heterocycles. The summed E-state index contributed by atoms with van der Waals surface area (Å²) in [6.07, 6.45) is 2.62. The van der Waals surface area contributed by atoms with Gasteiger partial charge in [0.15, 0.2) is 6.61 Å². The van der Waals surface area contributed by atoms with Gasteiger partial charge in [0, 0.05) is 6.07 Å². The predicted octanol–water partition coefficient (Wildman–Crippen LogP) is 2.63. The molecule has 10 heteroatoms. The summed E-state index contributed by atoms with van der Waals surface area (Å²) in [6.45, 7) is -0.611. The molecule has 3 N–H and O–H groups in total. The minimum atomic E-state index is -1.02. The number of esters is 1. The fraction of sp³-hybridized carbons (Fsp3) is 0.286. The summed E-state index contributed by atoms with van der Waals surface area (Å²) >= 11 is 0. The number of ether oxygens (including phenoxy) is 1. The number of anilines is 3. The van der Waals surface area contributed by atoms with Crippen LogP contribution >= 0.6 is 0 Å². The number of hydrogen-bond acceptors (Lipinski definition) is 7. The zero-order valence-corrected chi connectivity index (χ0v) is 16.5. The molecule has 2 aromatic carbocycles. The van der Waals surface area contributed by atoms with Gasteiger partial charge in [-0.2, -0.15) is 0 Å². The van der Waals surface area contributed by atoms with Crippen LogP contribution in [0.15, 0.2) is 42.5 Å². The number of nitro groups is 1. The first-order valence-corrected chi connectivity index (χ1v) is 9.78. The van der Waals surface area contributed by atoms with Crippen molar-refractivity contribution >= 4 is 40.5 Å². The maximum absolute atomic E-state index is 13.2. The number of nitrogens with two attached hydrogens (primary N) is 1. The van der Waals surface area contributed by atoms with Crippen molar-refractivity contribution < 1.29 is 24.0 Å². The maximum Gasteiger partial charge on any atom is 0.338 e. The molecule has 1 aliphatic heterocycles. The monoisotopic (exact) mass is 424 g/mol. The van der Waals surface area contributed by atoms with Gasteiger partial charge >= 0.3 is 5.97 Å². The van der Waals surface area contributed by atoms with Gasteiger partial charge in [0.1, 0.15) is 11.2 Å². The lowest BCUT2D eigenvalue weighted by Crippen LogP contribution is -2.61. The number of nitrogens with zero attached hydrogens (tertiary/aromatic N) is 2. The zero-order chi connectivity index (χ0) is 22.2. The predicted molar refractivity (Wildman–Crippen MR) is 112 cm³/mol. The first-order valence-electron chi connectivity index (χ1n) is 9.78. The van der Waals surface area contributed by atoms with E-state index in [1.54, 1.807) is 24.3 Å². The van der Waals surface area contributed by atoms with E-state index in [0.29, 0.717) is 24.2 Å². The molecule has 10 nitrogen and oxygen atoms in total. The summed E-state index contributed by atoms with van der Waals surface area (Å²) in [5.74, 6) is -1.69. The summed E-state index contributed by atoms with van der Waals surface area (Å²) in [5.41, 5.74) is 4.98. The summed E-state index contributed by atoms with van der Waals surface area (Å²) in [5, 5.41) is 13.9. The van der Waals surface area contributed by atoms with E-state index in [1.807, 2.05) is 0 Å². The van der Waals surface area contributed by atoms with Crippen molar-refractivity contribution in [2.75, 3.05) is 22.6 Å². The molecule has 0 bridgehead atoms. The molecule has 2 aliphatic rings. The molecule has 1 saturated carbocycles. The first-order chi connectivity index (χ1) is 14.8. The van der Waals surface area contributed by atoms with Gasteiger partial charge in [0.05, 0.1) is 21.9 Å². The smallest absolute Gasteiger partial charge is 0.338 e. The maximum atomic E-state index is 13.2. The highest BCUT2D eigenvalue weighted by Crippen LogP contribution is 2.45. The van der Waals surface area contributed by atoms with E-state index < -0.39 is 34.6 Å². The van der Waals surface area contributed by atoms with Crippen LogP contribution < -0.4 is 16.0 Å². The lowest BCUT2D eigenvalue weighted by Gasteiger charge is -2.44. The van der Waals surface area contributed by atoms with Crippen molar-refractivity contribution in [1.29, 1.82) is 0 Å². The van der Waals surface area contributed by atoms with Gasteiger partial charge in [-0.3, -0.25) is 24.6 Å². The Morgan fingerprint density at radius 2 is 1.90 bits per heavy atom. The Bertz CT molecular complexity index is 1090. The van der Waals surface area contributed by atoms with Gasteiger partial charge in [-0.15, -0.1) is 0 Å². The fourth-order valence-electron chi connectivity index (χ4n) is 4.23. The average molecular weight is 424 g/mol. The second-order valence-electron chi connectivity index (χ2n) is 7.55. The van der Waals surface area contributed by atoms with Crippen LogP contribution in [0.25, 0.3) is 0 Å². The van der Waals surface area contributed by atoms with Crippen LogP contribution in [0.4, 0.5) is 22.7 Å². The molecule has 31 heavy (non-hydrogen) atoms. The van der Waals surface area contributed by atoms with Crippen LogP contribution in [0.5, 0.6) is 0 Å². The number of carbonyl (C=O) groups is 3. The highest BCUT2D eigenvalue weighted by molar-refractivity contribution is 6.15. The van der Waals surface area contributed by atoms with Crippen molar-refractivity contribution in [1.82, 2.24) is 0 Å². The normalized spacial score (nSPS) is 16.5. The molecule has 160 valence electrons. The van der Waals surface area contributed by atoms with E-state index in [1.165, 1.54) is 17.0 Å². The minimum absolute atomic E-state index is 0.0864. The van der Waals surface area contributed by atoms with Crippen LogP contribution in [0.1, 0.15) is 36.0 Å². The Balaban J connectivity index is 1.57. The Kier molecular flexibility index (Phi) is 5.05. The Labute approximate surface area is 177 Å². The number of para-hydroxylation sites is 2. The highest BCUT2D eigenvalue weighted by atomic mass is 16.6. The molecular formula is C21H20N4O6. The van der Waals surface area contributed by atoms with Crippen LogP contribution in [0, 0.1) is 10.1 Å². The van der Waals surface area contributed by atoms with Crippen LogP contribution in [0.2, 0.25) is 0 Å². The van der Waals surface area contributed by atoms with Crippen LogP contribution in [-0.2, 0) is 14.3 Å². The average Bonchev–Trinajstić information content (AvgIpc) is 3.23. The van der Waals surface area contributed by atoms with Gasteiger partial charge in [0.2, 0.25) is 0 Å². The summed E-state index contributed by atoms with van der Waals surface area (Å²) < 4.78 is 5.15. The molecule has 0 unspecified atom stereocenters. The molecule has 1 aliphatic carbocycles. The largest absolute Gasteiger partial charge is 0.452 e. The lowest BCUT2D eigenvalue weighted by atomic mass is 9.90. The molecule has 2 aromatic rings. The van der Waals surface area contributed by atoms with Crippen molar-refractivity contribution in [3.05, 3.63) is 58.1 Å². The van der Waals surface area contributed by atoms with E-state index in [9.17, 15) is 24.5 Å². The van der Waals surface area contributed by atoms with Gasteiger partial charge in [-0.1, -0.05) is 25.0 Å². The fourth-order valence-corrected chi connectivity index (χ4v) is 4.23. The molecule has 0 radical (unpaired) electrons. The number of fused-ring (bicyclic) bond motifs is 1. The minimum Gasteiger partial charge on any atom is -0.452 e. The van der Waals surface area contributed by atoms with Gasteiger partial charge in [0.25, 0.3) is 17.5 Å². The van der Waals surface area contributed by atoms with E-state index >= 15 is 0 Å². The van der Waals surface area contributed by atoms with E-state index in [2.05, 4.69) is 5.32 Å². The third kappa shape index (κ3) is 3.45. The summed E-state index contributed by atoms with van der Waals surface area (Å²) in [6, 6.07) is 10.5. The number of benzene rings is 2. The standard InChI is InChI=1S/C21H20N4O6/c22-14-8-7-13(11-17(14)25(29)30)19(27)31-12-18(26)24-16-6-2-1-5-15(16)23-20(28)21(24)9-3-4-10-21/h1-2,5-8,11H,3-4,9-10,12,22H2,(H,23,28). The second kappa shape index (κ2) is 7.71. The van der Waals surface area contributed by atoms with Gasteiger partial charge < -0.3 is 15.8 Å². The number of nitrogens with one attached hydrogen (secondary N) is 1. The van der Waals surface area contributed by atoms with Crippen LogP contribution in [-0.4, -0.2) is 34.9 Å². The Morgan fingerprint density at radius 1 is 1.19 bits per heavy atom. The molecule has 0 atom stereocenters. The third-order valence-corrected chi connectivity index (χ3v) is 5.71. The summed E-state index contributed by atoms with van der Waals surface area (Å²) in [7, 11) is 0. The van der Waals surface area contributed by atoms with Crippen molar-refractivity contribution in [2.45, 2.75) is 31.2 Å². The first kappa shape index (κ1) is 20.3. The second-order valence-corrected chi connectivity index (χ2v) is 7.55. The molecule has 0 saturated heterocycles. The highest BCUT2D eigenvalue weighted by Gasteiger charge is 2.52. The van der Waals surface area contributed by atoms with Crippen LogP contribution in [0.3, 0.4) is 0 Å². The number of amides is 2. The molecule has 4 rings (SSSR count). The number of nitro benzene ring substituents is 1. The number of carbonyl (C=O) groups excluding carboxylic acids is 3. The molecule has 1 fully saturated rings. The third-order valence-electron chi connectivity index (χ3n) is 5.71. The summed E-state index contributed by atoms with van der Waals surface area (Å²) in [4.78, 5) is 50.2. The molecule has 1 spiro atoms. The number of hydrogen-bond donors (Lipinski definition) is 2. The van der Waals surface area contributed by atoms with Crippen molar-refractivity contribution in [3.8, 4) is 0 Å². The molecule has 2 amide bonds. The van der Waals surface area contributed by atoms with E-state index in [0.717, 1.165) is 18.9 Å². The number of rotatable bonds is 4. The topological polar surface area (TPSA) is 145 Å². The number of nitrogen functional groups attached to an aromatic ring is 1. The van der Waals surface area contributed by atoms with E-state index in [-0.39, 0.29) is 17.2 Å².